The SMILES string of the molecule is O=Cc1ccccc1O.[Ti]. The molecule has 0 saturated heterocycles. The van der Waals surface area contributed by atoms with Crippen molar-refractivity contribution in [1.82, 2.24) is 0 Å². The Kier molecular flexibility index (Phi) is 4.00. The predicted molar refractivity (Wildman–Crippen MR) is 33.5 cm³/mol. The van der Waals surface area contributed by atoms with Crippen molar-refractivity contribution in [3.8, 4) is 5.75 Å². The summed E-state index contributed by atoms with van der Waals surface area (Å²) in [5, 5.41) is 8.88. The van der Waals surface area contributed by atoms with Crippen LogP contribution < -0.4 is 0 Å². The third-order valence-electron chi connectivity index (χ3n) is 1.06. The van der Waals surface area contributed by atoms with E-state index in [-0.39, 0.29) is 27.5 Å². The van der Waals surface area contributed by atoms with Crippen LogP contribution in [0.3, 0.4) is 0 Å². The molecule has 3 heteroatoms. The number of carbonyl (C=O) groups is 1. The van der Waals surface area contributed by atoms with Crippen LogP contribution in [0.25, 0.3) is 0 Å². The van der Waals surface area contributed by atoms with E-state index in [0.29, 0.717) is 11.8 Å². The predicted octanol–water partition coefficient (Wildman–Crippen LogP) is 1.20. The van der Waals surface area contributed by atoms with Crippen LogP contribution in [0.1, 0.15) is 10.4 Å². The fourth-order valence-corrected chi connectivity index (χ4v) is 0.587. The Morgan fingerprint density at radius 1 is 1.30 bits per heavy atom. The Hall–Kier alpha value is -0.596. The van der Waals surface area contributed by atoms with Gasteiger partial charge in [-0.1, -0.05) is 12.1 Å². The van der Waals surface area contributed by atoms with Crippen LogP contribution in [0.15, 0.2) is 24.3 Å². The van der Waals surface area contributed by atoms with Crippen molar-refractivity contribution in [3.63, 3.8) is 0 Å². The molecular weight excluding hydrogens is 164 g/mol. The van der Waals surface area contributed by atoms with Crippen molar-refractivity contribution in [1.29, 1.82) is 0 Å². The van der Waals surface area contributed by atoms with Gasteiger partial charge in [0, 0.05) is 21.7 Å². The first-order chi connectivity index (χ1) is 4.34. The summed E-state index contributed by atoms with van der Waals surface area (Å²) in [5.41, 5.74) is 0.331. The molecule has 0 saturated carbocycles. The molecule has 1 aromatic rings. The van der Waals surface area contributed by atoms with Crippen LogP contribution in [0.5, 0.6) is 5.75 Å². The maximum Gasteiger partial charge on any atom is 0.153 e. The minimum Gasteiger partial charge on any atom is -0.507 e. The van der Waals surface area contributed by atoms with Crippen LogP contribution in [0, 0.1) is 0 Å². The van der Waals surface area contributed by atoms with Gasteiger partial charge in [0.2, 0.25) is 0 Å². The van der Waals surface area contributed by atoms with Crippen LogP contribution in [-0.4, -0.2) is 11.4 Å². The number of para-hydroxylation sites is 1. The quantitative estimate of drug-likeness (QED) is 0.507. The Morgan fingerprint density at radius 2 is 1.90 bits per heavy atom. The number of hydrogen-bond acceptors (Lipinski definition) is 2. The van der Waals surface area contributed by atoms with Crippen LogP contribution >= 0.6 is 0 Å². The smallest absolute Gasteiger partial charge is 0.153 e. The van der Waals surface area contributed by atoms with Gasteiger partial charge in [-0.2, -0.15) is 0 Å². The normalized spacial score (nSPS) is 8.00. The second kappa shape index (κ2) is 4.26. The molecule has 0 radical (unpaired) electrons. The molecule has 2 nitrogen and oxygen atoms in total. The number of phenols is 1. The van der Waals surface area contributed by atoms with Gasteiger partial charge in [-0.15, -0.1) is 0 Å². The zero-order valence-corrected chi connectivity index (χ0v) is 6.80. The van der Waals surface area contributed by atoms with Crippen LogP contribution in [0.2, 0.25) is 0 Å². The maximum atomic E-state index is 10.1. The second-order valence-electron chi connectivity index (χ2n) is 1.68. The first kappa shape index (κ1) is 9.40. The third-order valence-corrected chi connectivity index (χ3v) is 1.06. The summed E-state index contributed by atoms with van der Waals surface area (Å²) < 4.78 is 0. The van der Waals surface area contributed by atoms with Gasteiger partial charge in [0.25, 0.3) is 0 Å². The molecule has 10 heavy (non-hydrogen) atoms. The fraction of sp³-hybridized carbons (Fsp3) is 0. The van der Waals surface area contributed by atoms with Gasteiger partial charge in [-0.3, -0.25) is 4.79 Å². The maximum absolute atomic E-state index is 10.1. The summed E-state index contributed by atoms with van der Waals surface area (Å²) in [6.45, 7) is 0. The zero-order valence-electron chi connectivity index (χ0n) is 5.24. The molecule has 0 aliphatic carbocycles. The number of phenolic OH excluding ortho intramolecular Hbond substituents is 1. The molecule has 0 aliphatic rings. The van der Waals surface area contributed by atoms with E-state index in [2.05, 4.69) is 0 Å². The van der Waals surface area contributed by atoms with Crippen molar-refractivity contribution in [2.75, 3.05) is 0 Å². The summed E-state index contributed by atoms with van der Waals surface area (Å²) in [6.07, 6.45) is 0.620. The topological polar surface area (TPSA) is 37.3 Å². The number of aromatic hydroxyl groups is 1. The molecule has 0 bridgehead atoms. The van der Waals surface area contributed by atoms with Gasteiger partial charge in [-0.25, -0.2) is 0 Å². The van der Waals surface area contributed by atoms with Gasteiger partial charge < -0.3 is 5.11 Å². The summed E-state index contributed by atoms with van der Waals surface area (Å²) in [6, 6.07) is 6.40. The summed E-state index contributed by atoms with van der Waals surface area (Å²) >= 11 is 0. The summed E-state index contributed by atoms with van der Waals surface area (Å²) in [7, 11) is 0. The van der Waals surface area contributed by atoms with E-state index in [1.807, 2.05) is 0 Å². The number of rotatable bonds is 1. The molecule has 50 valence electrons. The van der Waals surface area contributed by atoms with Crippen molar-refractivity contribution >= 4 is 6.29 Å². The van der Waals surface area contributed by atoms with Gasteiger partial charge in [-0.05, 0) is 12.1 Å². The van der Waals surface area contributed by atoms with Gasteiger partial charge in [0.15, 0.2) is 6.29 Å². The first-order valence-electron chi connectivity index (χ1n) is 2.58. The Bertz CT molecular complexity index is 223. The second-order valence-corrected chi connectivity index (χ2v) is 1.68. The largest absolute Gasteiger partial charge is 0.507 e. The average Bonchev–Trinajstić information content (AvgIpc) is 1.89. The molecule has 0 unspecified atom stereocenters. The monoisotopic (exact) mass is 170 g/mol. The molecule has 0 atom stereocenters. The molecule has 1 rings (SSSR count). The van der Waals surface area contributed by atoms with Gasteiger partial charge in [0.05, 0.1) is 5.56 Å². The van der Waals surface area contributed by atoms with Crippen molar-refractivity contribution in [2.24, 2.45) is 0 Å². The first-order valence-corrected chi connectivity index (χ1v) is 2.58. The third kappa shape index (κ3) is 1.97. The number of benzene rings is 1. The molecule has 1 N–H and O–H groups in total. The Labute approximate surface area is 73.8 Å². The number of carbonyl (C=O) groups excluding carboxylic acids is 1. The van der Waals surface area contributed by atoms with E-state index in [4.69, 9.17) is 5.11 Å². The van der Waals surface area contributed by atoms with E-state index in [1.54, 1.807) is 18.2 Å². The van der Waals surface area contributed by atoms with Crippen molar-refractivity contribution < 1.29 is 31.6 Å². The zero-order chi connectivity index (χ0) is 6.69. The van der Waals surface area contributed by atoms with Crippen molar-refractivity contribution in [3.05, 3.63) is 29.8 Å². The molecule has 0 heterocycles. The number of aldehydes is 1. The molecular formula is C7H6O2Ti. The van der Waals surface area contributed by atoms with E-state index in [1.165, 1.54) is 6.07 Å². The molecule has 0 aliphatic heterocycles. The standard InChI is InChI=1S/C7H6O2.Ti/c8-5-6-3-1-2-4-7(6)9;/h1-5,9H;. The fourth-order valence-electron chi connectivity index (χ4n) is 0.587. The van der Waals surface area contributed by atoms with E-state index in [9.17, 15) is 4.79 Å². The minimum absolute atomic E-state index is 0. The molecule has 0 spiro atoms. The minimum atomic E-state index is 0. The van der Waals surface area contributed by atoms with Crippen LogP contribution in [-0.2, 0) is 21.7 Å². The Balaban J connectivity index is 0.000000810. The molecule has 0 aromatic heterocycles. The van der Waals surface area contributed by atoms with Gasteiger partial charge >= 0.3 is 0 Å². The van der Waals surface area contributed by atoms with E-state index >= 15 is 0 Å². The van der Waals surface area contributed by atoms with E-state index in [0.717, 1.165) is 0 Å². The Morgan fingerprint density at radius 3 is 2.30 bits per heavy atom. The summed E-state index contributed by atoms with van der Waals surface area (Å²) in [4.78, 5) is 10.1. The van der Waals surface area contributed by atoms with Gasteiger partial charge in [0.1, 0.15) is 5.75 Å². The van der Waals surface area contributed by atoms with Crippen LogP contribution in [0.4, 0.5) is 0 Å². The average molecular weight is 170 g/mol. The van der Waals surface area contributed by atoms with Crippen molar-refractivity contribution in [2.45, 2.75) is 0 Å². The molecule has 0 amide bonds. The summed E-state index contributed by atoms with van der Waals surface area (Å²) in [5.74, 6) is 0.0347. The number of hydrogen-bond donors (Lipinski definition) is 1. The molecule has 0 fully saturated rings. The molecule has 1 aromatic carbocycles. The van der Waals surface area contributed by atoms with E-state index < -0.39 is 0 Å².